The van der Waals surface area contributed by atoms with Gasteiger partial charge in [-0.05, 0) is 73.1 Å². The van der Waals surface area contributed by atoms with Gasteiger partial charge in [0.25, 0.3) is 0 Å². The lowest BCUT2D eigenvalue weighted by Crippen LogP contribution is -1.95. The first kappa shape index (κ1) is 25.5. The van der Waals surface area contributed by atoms with Crippen molar-refractivity contribution in [1.29, 1.82) is 0 Å². The van der Waals surface area contributed by atoms with Crippen molar-refractivity contribution in [2.75, 3.05) is 0 Å². The smallest absolute Gasteiger partial charge is 0.0449 e. The third-order valence-corrected chi connectivity index (χ3v) is 6.94. The fourth-order valence-electron chi connectivity index (χ4n) is 4.07. The lowest BCUT2D eigenvalue weighted by molar-refractivity contribution is 0.556. The largest absolute Gasteiger partial charge is 0.0795 e. The Hall–Kier alpha value is -1.73. The topological polar surface area (TPSA) is 0 Å². The van der Waals surface area contributed by atoms with Crippen molar-refractivity contribution in [3.63, 3.8) is 0 Å². The highest BCUT2D eigenvalue weighted by molar-refractivity contribution is 7.81. The molecule has 0 bridgehead atoms. The van der Waals surface area contributed by atoms with Crippen molar-refractivity contribution < 1.29 is 0 Å². The maximum Gasteiger partial charge on any atom is 0.0449 e. The van der Waals surface area contributed by atoms with E-state index < -0.39 is 0 Å². The molecule has 2 rings (SSSR count). The van der Waals surface area contributed by atoms with E-state index >= 15 is 0 Å². The number of hydrogen-bond acceptors (Lipinski definition) is 1. The molecular weight excluding hydrogens is 392 g/mol. The van der Waals surface area contributed by atoms with E-state index in [9.17, 15) is 0 Å². The van der Waals surface area contributed by atoms with Crippen LogP contribution in [-0.2, 0) is 6.42 Å². The Bertz CT molecular complexity index is 826. The lowest BCUT2D eigenvalue weighted by atomic mass is 9.98. The molecule has 0 aliphatic heterocycles. The molecule has 0 amide bonds. The van der Waals surface area contributed by atoms with Crippen LogP contribution in [0.15, 0.2) is 42.5 Å². The Morgan fingerprint density at radius 1 is 0.710 bits per heavy atom. The van der Waals surface area contributed by atoms with Crippen molar-refractivity contribution in [3.8, 4) is 0 Å². The molecule has 0 atom stereocenters. The molecule has 0 radical (unpaired) electrons. The minimum atomic E-state index is 0.906. The molecular formula is C30H42S. The van der Waals surface area contributed by atoms with Gasteiger partial charge in [-0.1, -0.05) is 119 Å². The highest BCUT2D eigenvalue weighted by Crippen LogP contribution is 2.19. The van der Waals surface area contributed by atoms with E-state index in [2.05, 4.69) is 76.2 Å². The zero-order valence-electron chi connectivity index (χ0n) is 20.3. The van der Waals surface area contributed by atoms with Crippen LogP contribution < -0.4 is 0 Å². The average molecular weight is 435 g/mol. The molecule has 0 fully saturated rings. The fourth-order valence-corrected chi connectivity index (χ4v) is 4.28. The summed E-state index contributed by atoms with van der Waals surface area (Å²) in [5.74, 6) is 0. The van der Waals surface area contributed by atoms with Crippen LogP contribution in [0.25, 0.3) is 6.08 Å². The van der Waals surface area contributed by atoms with Crippen LogP contribution >= 0.6 is 12.2 Å². The second-order valence-corrected chi connectivity index (χ2v) is 9.49. The first-order valence-electron chi connectivity index (χ1n) is 12.4. The summed E-state index contributed by atoms with van der Waals surface area (Å²) >= 11 is 5.66. The third kappa shape index (κ3) is 9.11. The van der Waals surface area contributed by atoms with E-state index in [1.807, 2.05) is 0 Å². The zero-order valence-corrected chi connectivity index (χ0v) is 21.1. The summed E-state index contributed by atoms with van der Waals surface area (Å²) in [6.07, 6.45) is 19.3. The van der Waals surface area contributed by atoms with Gasteiger partial charge in [0, 0.05) is 4.86 Å². The van der Waals surface area contributed by atoms with Crippen LogP contribution in [0.1, 0.15) is 105 Å². The standard InChI is InChI=1S/C30H42S/c1-5-6-7-8-9-10-11-12-13-14-15-27-17-20-29(21-18-27)30(31)23-22-28-19-16-24(2)25(3)26(28)4/h16-23H,5-15H2,1-4H3. The summed E-state index contributed by atoms with van der Waals surface area (Å²) in [7, 11) is 0. The van der Waals surface area contributed by atoms with Gasteiger partial charge in [-0.15, -0.1) is 0 Å². The van der Waals surface area contributed by atoms with E-state index in [1.54, 1.807) is 0 Å². The van der Waals surface area contributed by atoms with Crippen LogP contribution in [0.4, 0.5) is 0 Å². The van der Waals surface area contributed by atoms with Crippen molar-refractivity contribution in [2.24, 2.45) is 0 Å². The fraction of sp³-hybridized carbons (Fsp3) is 0.500. The first-order valence-corrected chi connectivity index (χ1v) is 12.8. The molecule has 0 unspecified atom stereocenters. The molecule has 0 saturated carbocycles. The molecule has 0 heterocycles. The molecule has 0 aromatic heterocycles. The Kier molecular flexibility index (Phi) is 11.8. The van der Waals surface area contributed by atoms with Gasteiger partial charge in [0.2, 0.25) is 0 Å². The highest BCUT2D eigenvalue weighted by atomic mass is 32.1. The first-order chi connectivity index (χ1) is 15.0. The molecule has 1 heteroatoms. The summed E-state index contributed by atoms with van der Waals surface area (Å²) < 4.78 is 0. The van der Waals surface area contributed by atoms with Gasteiger partial charge >= 0.3 is 0 Å². The summed E-state index contributed by atoms with van der Waals surface area (Å²) in [6, 6.07) is 13.3. The molecule has 0 saturated heterocycles. The van der Waals surface area contributed by atoms with Gasteiger partial charge in [-0.3, -0.25) is 0 Å². The predicted octanol–water partition coefficient (Wildman–Crippen LogP) is 9.51. The Balaban J connectivity index is 1.70. The van der Waals surface area contributed by atoms with Gasteiger partial charge in [0.05, 0.1) is 0 Å². The Labute approximate surface area is 197 Å². The number of aryl methyl sites for hydroxylation is 2. The molecule has 168 valence electrons. The van der Waals surface area contributed by atoms with Crippen molar-refractivity contribution in [2.45, 2.75) is 98.3 Å². The van der Waals surface area contributed by atoms with Crippen LogP contribution in [-0.4, -0.2) is 4.86 Å². The number of benzene rings is 2. The van der Waals surface area contributed by atoms with E-state index in [1.165, 1.54) is 98.4 Å². The van der Waals surface area contributed by atoms with Gasteiger partial charge in [-0.25, -0.2) is 0 Å². The van der Waals surface area contributed by atoms with E-state index in [0.717, 1.165) is 10.4 Å². The van der Waals surface area contributed by atoms with E-state index in [4.69, 9.17) is 12.2 Å². The number of hydrogen-bond donors (Lipinski definition) is 0. The second-order valence-electron chi connectivity index (χ2n) is 9.05. The Morgan fingerprint density at radius 3 is 1.90 bits per heavy atom. The maximum absolute atomic E-state index is 5.66. The van der Waals surface area contributed by atoms with Crippen LogP contribution in [0.3, 0.4) is 0 Å². The zero-order chi connectivity index (χ0) is 22.5. The predicted molar refractivity (Wildman–Crippen MR) is 143 cm³/mol. The summed E-state index contributed by atoms with van der Waals surface area (Å²) in [5.41, 5.74) is 7.87. The number of rotatable bonds is 14. The third-order valence-electron chi connectivity index (χ3n) is 6.57. The van der Waals surface area contributed by atoms with Crippen LogP contribution in [0.2, 0.25) is 0 Å². The minimum Gasteiger partial charge on any atom is -0.0795 e. The molecule has 0 N–H and O–H groups in total. The van der Waals surface area contributed by atoms with Gasteiger partial charge in [0.1, 0.15) is 0 Å². The molecule has 0 aliphatic carbocycles. The SMILES string of the molecule is CCCCCCCCCCCCc1ccc(C(=S)C=Cc2ccc(C)c(C)c2C)cc1. The van der Waals surface area contributed by atoms with Crippen molar-refractivity contribution in [1.82, 2.24) is 0 Å². The highest BCUT2D eigenvalue weighted by Gasteiger charge is 2.03. The molecule has 0 aliphatic rings. The lowest BCUT2D eigenvalue weighted by Gasteiger charge is -2.08. The number of allylic oxidation sites excluding steroid dienone is 1. The Morgan fingerprint density at radius 2 is 1.29 bits per heavy atom. The second kappa shape index (κ2) is 14.4. The van der Waals surface area contributed by atoms with E-state index in [0.29, 0.717) is 0 Å². The monoisotopic (exact) mass is 434 g/mol. The van der Waals surface area contributed by atoms with Gasteiger partial charge < -0.3 is 0 Å². The maximum atomic E-state index is 5.66. The van der Waals surface area contributed by atoms with Gasteiger partial charge in [-0.2, -0.15) is 0 Å². The number of unbranched alkanes of at least 4 members (excludes halogenated alkanes) is 9. The van der Waals surface area contributed by atoms with Crippen LogP contribution in [0.5, 0.6) is 0 Å². The molecule has 2 aromatic carbocycles. The summed E-state index contributed by atoms with van der Waals surface area (Å²) in [4.78, 5) is 0.906. The van der Waals surface area contributed by atoms with Crippen molar-refractivity contribution in [3.05, 3.63) is 75.9 Å². The molecule has 2 aromatic rings. The molecule has 31 heavy (non-hydrogen) atoms. The summed E-state index contributed by atoms with van der Waals surface area (Å²) in [5, 5.41) is 0. The van der Waals surface area contributed by atoms with Crippen LogP contribution in [0, 0.1) is 20.8 Å². The van der Waals surface area contributed by atoms with E-state index in [-0.39, 0.29) is 0 Å². The minimum absolute atomic E-state index is 0.906. The van der Waals surface area contributed by atoms with Crippen molar-refractivity contribution >= 4 is 23.2 Å². The summed E-state index contributed by atoms with van der Waals surface area (Å²) in [6.45, 7) is 8.83. The van der Waals surface area contributed by atoms with Gasteiger partial charge in [0.15, 0.2) is 0 Å². The quantitative estimate of drug-likeness (QED) is 0.123. The normalized spacial score (nSPS) is 11.4. The number of thiocarbonyl (C=S) groups is 1. The molecule has 0 nitrogen and oxygen atoms in total. The average Bonchev–Trinajstić information content (AvgIpc) is 2.78. The molecule has 0 spiro atoms.